The predicted molar refractivity (Wildman–Crippen MR) is 61.2 cm³/mol. The molecule has 92 valence electrons. The normalized spacial score (nSPS) is 14.1. The third-order valence-corrected chi connectivity index (χ3v) is 3.45. The van der Waals surface area contributed by atoms with Crippen molar-refractivity contribution < 1.29 is 13.2 Å². The summed E-state index contributed by atoms with van der Waals surface area (Å²) in [5, 5.41) is 0. The van der Waals surface area contributed by atoms with Gasteiger partial charge in [0.2, 0.25) is 10.0 Å². The Morgan fingerprint density at radius 2 is 2.07 bits per heavy atom. The highest BCUT2D eigenvalue weighted by Gasteiger charge is 2.15. The van der Waals surface area contributed by atoms with E-state index in [4.69, 9.17) is 10.5 Å². The van der Waals surface area contributed by atoms with E-state index in [0.29, 0.717) is 19.6 Å². The average Bonchev–Trinajstić information content (AvgIpc) is 2.17. The Bertz CT molecular complexity index is 242. The number of hydrogen-bond donors (Lipinski definition) is 2. The van der Waals surface area contributed by atoms with Gasteiger partial charge in [-0.1, -0.05) is 6.92 Å². The van der Waals surface area contributed by atoms with Gasteiger partial charge in [-0.3, -0.25) is 0 Å². The molecule has 0 rings (SSSR count). The second-order valence-electron chi connectivity index (χ2n) is 3.32. The first-order valence-corrected chi connectivity index (χ1v) is 6.98. The van der Waals surface area contributed by atoms with Crippen molar-refractivity contribution in [3.63, 3.8) is 0 Å². The Morgan fingerprint density at radius 1 is 1.40 bits per heavy atom. The topological polar surface area (TPSA) is 81.4 Å². The van der Waals surface area contributed by atoms with Crippen LogP contribution in [0.2, 0.25) is 0 Å². The van der Waals surface area contributed by atoms with E-state index in [-0.39, 0.29) is 18.4 Å². The van der Waals surface area contributed by atoms with Crippen molar-refractivity contribution in [2.24, 2.45) is 5.73 Å². The molecule has 15 heavy (non-hydrogen) atoms. The highest BCUT2D eigenvalue weighted by Crippen LogP contribution is 1.99. The lowest BCUT2D eigenvalue weighted by Gasteiger charge is -2.15. The fraction of sp³-hybridized carbons (Fsp3) is 1.00. The van der Waals surface area contributed by atoms with Crippen LogP contribution in [0, 0.1) is 0 Å². The Morgan fingerprint density at radius 3 is 2.53 bits per heavy atom. The summed E-state index contributed by atoms with van der Waals surface area (Å²) in [4.78, 5) is 0. The van der Waals surface area contributed by atoms with Gasteiger partial charge in [0.05, 0.1) is 12.4 Å². The molecule has 0 aromatic rings. The molecule has 0 aliphatic rings. The van der Waals surface area contributed by atoms with Crippen LogP contribution < -0.4 is 10.5 Å². The van der Waals surface area contributed by atoms with Crippen molar-refractivity contribution >= 4 is 10.0 Å². The lowest BCUT2D eigenvalue weighted by atomic mass is 10.2. The van der Waals surface area contributed by atoms with E-state index >= 15 is 0 Å². The van der Waals surface area contributed by atoms with Gasteiger partial charge < -0.3 is 10.5 Å². The van der Waals surface area contributed by atoms with Gasteiger partial charge in [0.1, 0.15) is 0 Å². The third-order valence-electron chi connectivity index (χ3n) is 2.05. The minimum absolute atomic E-state index is 0.0158. The second-order valence-corrected chi connectivity index (χ2v) is 5.19. The van der Waals surface area contributed by atoms with E-state index in [1.54, 1.807) is 0 Å². The van der Waals surface area contributed by atoms with Crippen LogP contribution in [0.15, 0.2) is 0 Å². The summed E-state index contributed by atoms with van der Waals surface area (Å²) in [6.07, 6.45) is 1.43. The van der Waals surface area contributed by atoms with Crippen molar-refractivity contribution in [2.45, 2.75) is 32.7 Å². The van der Waals surface area contributed by atoms with Gasteiger partial charge in [-0.2, -0.15) is 0 Å². The molecule has 0 radical (unpaired) electrons. The zero-order chi connectivity index (χ0) is 11.7. The van der Waals surface area contributed by atoms with Crippen LogP contribution in [0.25, 0.3) is 0 Å². The van der Waals surface area contributed by atoms with Crippen LogP contribution in [0.4, 0.5) is 0 Å². The van der Waals surface area contributed by atoms with Crippen molar-refractivity contribution in [1.29, 1.82) is 0 Å². The largest absolute Gasteiger partial charge is 0.381 e. The second kappa shape index (κ2) is 8.04. The van der Waals surface area contributed by atoms with E-state index in [9.17, 15) is 8.42 Å². The minimum atomic E-state index is -3.22. The van der Waals surface area contributed by atoms with Crippen LogP contribution in [0.5, 0.6) is 0 Å². The molecule has 3 N–H and O–H groups in total. The van der Waals surface area contributed by atoms with Gasteiger partial charge in [0.15, 0.2) is 0 Å². The van der Waals surface area contributed by atoms with Crippen molar-refractivity contribution in [3.05, 3.63) is 0 Å². The fourth-order valence-corrected chi connectivity index (χ4v) is 2.42. The van der Waals surface area contributed by atoms with E-state index in [0.717, 1.165) is 6.42 Å². The number of sulfonamides is 1. The molecule has 0 aromatic heterocycles. The Balaban J connectivity index is 3.99. The molecular formula is C9H22N2O3S. The van der Waals surface area contributed by atoms with Gasteiger partial charge in [0.25, 0.3) is 0 Å². The van der Waals surface area contributed by atoms with Gasteiger partial charge >= 0.3 is 0 Å². The maximum absolute atomic E-state index is 11.5. The highest BCUT2D eigenvalue weighted by molar-refractivity contribution is 7.89. The number of nitrogens with one attached hydrogen (secondary N) is 1. The SMILES string of the molecule is CCOCCS(=O)(=O)NC(CC)CCN. The Hall–Kier alpha value is -0.170. The highest BCUT2D eigenvalue weighted by atomic mass is 32.2. The smallest absolute Gasteiger partial charge is 0.214 e. The zero-order valence-corrected chi connectivity index (χ0v) is 10.3. The molecule has 0 bridgehead atoms. The fourth-order valence-electron chi connectivity index (χ4n) is 1.17. The molecule has 0 aliphatic carbocycles. The standard InChI is InChI=1S/C9H22N2O3S/c1-3-9(5-6-10)11-15(12,13)8-7-14-4-2/h9,11H,3-8,10H2,1-2H3. The molecular weight excluding hydrogens is 216 g/mol. The van der Waals surface area contributed by atoms with Crippen molar-refractivity contribution in [1.82, 2.24) is 4.72 Å². The molecule has 0 aromatic carbocycles. The third kappa shape index (κ3) is 7.72. The molecule has 0 amide bonds. The van der Waals surface area contributed by atoms with Crippen molar-refractivity contribution in [3.8, 4) is 0 Å². The molecule has 0 fully saturated rings. The molecule has 1 unspecified atom stereocenters. The number of hydrogen-bond acceptors (Lipinski definition) is 4. The molecule has 5 nitrogen and oxygen atoms in total. The molecule has 0 saturated heterocycles. The van der Waals surface area contributed by atoms with Gasteiger partial charge in [-0.05, 0) is 26.3 Å². The van der Waals surface area contributed by atoms with E-state index < -0.39 is 10.0 Å². The maximum atomic E-state index is 11.5. The summed E-state index contributed by atoms with van der Waals surface area (Å²) in [6, 6.07) is -0.0540. The van der Waals surface area contributed by atoms with Gasteiger partial charge in [-0.25, -0.2) is 13.1 Å². The summed E-state index contributed by atoms with van der Waals surface area (Å²) < 4.78 is 30.7. The summed E-state index contributed by atoms with van der Waals surface area (Å²) in [7, 11) is -3.22. The first-order valence-electron chi connectivity index (χ1n) is 5.33. The lowest BCUT2D eigenvalue weighted by molar-refractivity contribution is 0.163. The summed E-state index contributed by atoms with van der Waals surface area (Å²) in [6.45, 7) is 5.04. The Kier molecular flexibility index (Phi) is 7.95. The Labute approximate surface area is 92.4 Å². The first kappa shape index (κ1) is 14.8. The predicted octanol–water partition coefficient (Wildman–Crippen LogP) is 0.0697. The first-order chi connectivity index (χ1) is 7.05. The van der Waals surface area contributed by atoms with E-state index in [1.165, 1.54) is 0 Å². The van der Waals surface area contributed by atoms with Crippen LogP contribution >= 0.6 is 0 Å². The molecule has 1 atom stereocenters. The quantitative estimate of drug-likeness (QED) is 0.557. The lowest BCUT2D eigenvalue weighted by Crippen LogP contribution is -2.38. The summed E-state index contributed by atoms with van der Waals surface area (Å²) in [5.74, 6) is 0.0158. The molecule has 6 heteroatoms. The van der Waals surface area contributed by atoms with Gasteiger partial charge in [-0.15, -0.1) is 0 Å². The van der Waals surface area contributed by atoms with Crippen molar-refractivity contribution in [2.75, 3.05) is 25.5 Å². The van der Waals surface area contributed by atoms with E-state index in [2.05, 4.69) is 4.72 Å². The van der Waals surface area contributed by atoms with Crippen LogP contribution in [0.1, 0.15) is 26.7 Å². The maximum Gasteiger partial charge on any atom is 0.214 e. The van der Waals surface area contributed by atoms with Crippen LogP contribution in [-0.2, 0) is 14.8 Å². The number of rotatable bonds is 9. The monoisotopic (exact) mass is 238 g/mol. The minimum Gasteiger partial charge on any atom is -0.381 e. The summed E-state index contributed by atoms with van der Waals surface area (Å²) >= 11 is 0. The molecule has 0 heterocycles. The average molecular weight is 238 g/mol. The zero-order valence-electron chi connectivity index (χ0n) is 9.53. The molecule has 0 saturated carbocycles. The number of nitrogens with two attached hydrogens (primary N) is 1. The molecule has 0 spiro atoms. The van der Waals surface area contributed by atoms with Crippen LogP contribution in [0.3, 0.4) is 0 Å². The van der Waals surface area contributed by atoms with Gasteiger partial charge in [0, 0.05) is 12.6 Å². The number of ether oxygens (including phenoxy) is 1. The summed E-state index contributed by atoms with van der Waals surface area (Å²) in [5.41, 5.74) is 5.39. The van der Waals surface area contributed by atoms with E-state index in [1.807, 2.05) is 13.8 Å². The van der Waals surface area contributed by atoms with Crippen LogP contribution in [-0.4, -0.2) is 40.0 Å². The molecule has 0 aliphatic heterocycles.